The Hall–Kier alpha value is -3.39. The van der Waals surface area contributed by atoms with E-state index in [1.807, 2.05) is 37.4 Å². The molecule has 1 aliphatic carbocycles. The van der Waals surface area contributed by atoms with Gasteiger partial charge in [-0.3, -0.25) is 0 Å². The molecule has 5 nitrogen and oxygen atoms in total. The predicted octanol–water partition coefficient (Wildman–Crippen LogP) is 4.80. The average molecular weight is 359 g/mol. The summed E-state index contributed by atoms with van der Waals surface area (Å²) in [5.74, 6) is 1.50. The van der Waals surface area contributed by atoms with Crippen LogP contribution in [0, 0.1) is 17.2 Å². The van der Waals surface area contributed by atoms with Crippen molar-refractivity contribution in [2.75, 3.05) is 18.5 Å². The fourth-order valence-corrected chi connectivity index (χ4v) is 3.58. The van der Waals surface area contributed by atoms with Crippen molar-refractivity contribution in [1.29, 1.82) is 5.26 Å². The number of hydrogen-bond donors (Lipinski definition) is 3. The number of nitrogens with zero attached hydrogens (tertiary/aromatic N) is 1. The van der Waals surface area contributed by atoms with E-state index >= 15 is 0 Å². The van der Waals surface area contributed by atoms with Crippen molar-refractivity contribution in [2.24, 2.45) is 5.92 Å². The molecule has 2 aliphatic rings. The van der Waals surface area contributed by atoms with Gasteiger partial charge in [0.05, 0.1) is 12.7 Å². The zero-order valence-corrected chi connectivity index (χ0v) is 15.1. The number of para-hydroxylation sites is 1. The first-order chi connectivity index (χ1) is 13.2. The average Bonchev–Trinajstić information content (AvgIpc) is 3.12. The van der Waals surface area contributed by atoms with Crippen LogP contribution in [-0.2, 0) is 0 Å². The van der Waals surface area contributed by atoms with Gasteiger partial charge in [-0.1, -0.05) is 24.3 Å². The summed E-state index contributed by atoms with van der Waals surface area (Å²) in [4.78, 5) is 3.31. The minimum Gasteiger partial charge on any atom is -0.511 e. The molecule has 0 saturated carbocycles. The van der Waals surface area contributed by atoms with E-state index in [0.29, 0.717) is 19.6 Å². The summed E-state index contributed by atoms with van der Waals surface area (Å²) in [5.41, 5.74) is 5.40. The van der Waals surface area contributed by atoms with Gasteiger partial charge in [-0.05, 0) is 42.7 Å². The van der Waals surface area contributed by atoms with Crippen LogP contribution < -0.4 is 10.1 Å². The van der Waals surface area contributed by atoms with Crippen LogP contribution in [-0.4, -0.2) is 23.2 Å². The normalized spacial score (nSPS) is 18.4. The number of fused-ring (bicyclic) bond motifs is 1. The van der Waals surface area contributed by atoms with Gasteiger partial charge in [-0.15, -0.1) is 0 Å². The lowest BCUT2D eigenvalue weighted by molar-refractivity contribution is 0.341. The van der Waals surface area contributed by atoms with Crippen LogP contribution >= 0.6 is 0 Å². The lowest BCUT2D eigenvalue weighted by Gasteiger charge is -2.22. The highest BCUT2D eigenvalue weighted by Crippen LogP contribution is 2.40. The molecule has 0 fully saturated rings. The Labute approximate surface area is 158 Å². The molecule has 3 N–H and O–H groups in total. The fourth-order valence-electron chi connectivity index (χ4n) is 3.58. The van der Waals surface area contributed by atoms with Gasteiger partial charge in [-0.2, -0.15) is 5.26 Å². The number of allylic oxidation sites excluding steroid dienone is 3. The van der Waals surface area contributed by atoms with E-state index in [4.69, 9.17) is 4.74 Å². The molecule has 1 atom stereocenters. The van der Waals surface area contributed by atoms with Gasteiger partial charge in [0.1, 0.15) is 23.2 Å². The Morgan fingerprint density at radius 3 is 2.89 bits per heavy atom. The molecule has 0 spiro atoms. The van der Waals surface area contributed by atoms with Crippen LogP contribution in [0.5, 0.6) is 5.75 Å². The van der Waals surface area contributed by atoms with E-state index in [1.54, 1.807) is 6.08 Å². The van der Waals surface area contributed by atoms with Crippen molar-refractivity contribution in [3.63, 3.8) is 0 Å². The minimum absolute atomic E-state index is 0.138. The highest BCUT2D eigenvalue weighted by atomic mass is 16.5. The highest BCUT2D eigenvalue weighted by Gasteiger charge is 2.24. The van der Waals surface area contributed by atoms with Gasteiger partial charge < -0.3 is 20.1 Å². The van der Waals surface area contributed by atoms with Crippen LogP contribution in [0.3, 0.4) is 0 Å². The Kier molecular flexibility index (Phi) is 4.47. The van der Waals surface area contributed by atoms with Crippen molar-refractivity contribution in [2.45, 2.75) is 13.3 Å². The SMILES string of the molecule is CCOc1ccccc1-c1c[nH]c2c1C=C(C1=CC=C(O)C(C#N)C1)CN2. The number of hydrogen-bond acceptors (Lipinski definition) is 4. The number of rotatable bonds is 4. The zero-order valence-electron chi connectivity index (χ0n) is 15.1. The molecule has 0 bridgehead atoms. The summed E-state index contributed by atoms with van der Waals surface area (Å²) in [6, 6.07) is 10.2. The molecule has 1 aromatic carbocycles. The monoisotopic (exact) mass is 359 g/mol. The molecular formula is C22H21N3O2. The Morgan fingerprint density at radius 2 is 2.07 bits per heavy atom. The highest BCUT2D eigenvalue weighted by molar-refractivity contribution is 5.87. The molecule has 1 unspecified atom stereocenters. The summed E-state index contributed by atoms with van der Waals surface area (Å²) in [6.45, 7) is 3.27. The molecule has 5 heteroatoms. The number of ether oxygens (including phenoxy) is 1. The number of aromatic nitrogens is 1. The van der Waals surface area contributed by atoms with Crippen LogP contribution in [0.15, 0.2) is 59.5 Å². The Bertz CT molecular complexity index is 1000. The lowest BCUT2D eigenvalue weighted by atomic mass is 9.87. The zero-order chi connectivity index (χ0) is 18.8. The summed E-state index contributed by atoms with van der Waals surface area (Å²) in [5, 5.41) is 22.5. The third-order valence-electron chi connectivity index (χ3n) is 4.98. The number of nitriles is 1. The van der Waals surface area contributed by atoms with Gasteiger partial charge in [-0.25, -0.2) is 0 Å². The second-order valence-electron chi connectivity index (χ2n) is 6.61. The maximum atomic E-state index is 9.82. The second-order valence-corrected chi connectivity index (χ2v) is 6.61. The molecule has 0 saturated heterocycles. The summed E-state index contributed by atoms with van der Waals surface area (Å²) >= 11 is 0. The summed E-state index contributed by atoms with van der Waals surface area (Å²) < 4.78 is 5.80. The van der Waals surface area contributed by atoms with Gasteiger partial charge in [0.15, 0.2) is 0 Å². The second kappa shape index (κ2) is 7.08. The maximum Gasteiger partial charge on any atom is 0.127 e. The minimum atomic E-state index is -0.475. The van der Waals surface area contributed by atoms with Gasteiger partial charge in [0.2, 0.25) is 0 Å². The van der Waals surface area contributed by atoms with E-state index in [-0.39, 0.29) is 5.76 Å². The van der Waals surface area contributed by atoms with E-state index in [9.17, 15) is 10.4 Å². The van der Waals surface area contributed by atoms with Crippen LogP contribution in [0.4, 0.5) is 5.82 Å². The predicted molar refractivity (Wildman–Crippen MR) is 106 cm³/mol. The first-order valence-corrected chi connectivity index (χ1v) is 9.09. The molecule has 27 heavy (non-hydrogen) atoms. The Morgan fingerprint density at radius 1 is 1.22 bits per heavy atom. The number of aromatic amines is 1. The summed E-state index contributed by atoms with van der Waals surface area (Å²) in [6.07, 6.45) is 8.22. The molecule has 136 valence electrons. The molecule has 4 rings (SSSR count). The number of aliphatic hydroxyl groups is 1. The first kappa shape index (κ1) is 17.0. The number of H-pyrrole nitrogens is 1. The quantitative estimate of drug-likeness (QED) is 0.732. The van der Waals surface area contributed by atoms with Crippen LogP contribution in [0.1, 0.15) is 18.9 Å². The number of benzene rings is 1. The number of nitrogens with one attached hydrogen (secondary N) is 2. The first-order valence-electron chi connectivity index (χ1n) is 9.09. The molecular weight excluding hydrogens is 338 g/mol. The van der Waals surface area contributed by atoms with Crippen LogP contribution in [0.25, 0.3) is 17.2 Å². The topological polar surface area (TPSA) is 81.1 Å². The van der Waals surface area contributed by atoms with E-state index in [2.05, 4.69) is 28.5 Å². The Balaban J connectivity index is 1.74. The van der Waals surface area contributed by atoms with E-state index in [1.165, 1.54) is 0 Å². The van der Waals surface area contributed by atoms with Crippen molar-refractivity contribution in [3.05, 3.63) is 65.1 Å². The van der Waals surface area contributed by atoms with Crippen molar-refractivity contribution in [3.8, 4) is 22.9 Å². The largest absolute Gasteiger partial charge is 0.511 e. The van der Waals surface area contributed by atoms with Gasteiger partial charge >= 0.3 is 0 Å². The third kappa shape index (κ3) is 3.11. The van der Waals surface area contributed by atoms with Crippen molar-refractivity contribution in [1.82, 2.24) is 4.98 Å². The lowest BCUT2D eigenvalue weighted by Crippen LogP contribution is -2.15. The van der Waals surface area contributed by atoms with E-state index in [0.717, 1.165) is 39.4 Å². The maximum absolute atomic E-state index is 9.82. The molecule has 2 aromatic rings. The molecule has 1 aliphatic heterocycles. The van der Waals surface area contributed by atoms with Gasteiger partial charge in [0, 0.05) is 29.4 Å². The molecule has 0 radical (unpaired) electrons. The van der Waals surface area contributed by atoms with Crippen molar-refractivity contribution < 1.29 is 9.84 Å². The number of anilines is 1. The third-order valence-corrected chi connectivity index (χ3v) is 4.98. The van der Waals surface area contributed by atoms with Gasteiger partial charge in [0.25, 0.3) is 0 Å². The molecule has 0 amide bonds. The summed E-state index contributed by atoms with van der Waals surface area (Å²) in [7, 11) is 0. The number of aliphatic hydroxyl groups excluding tert-OH is 1. The van der Waals surface area contributed by atoms with Crippen LogP contribution in [0.2, 0.25) is 0 Å². The fraction of sp³-hybridized carbons (Fsp3) is 0.227. The smallest absolute Gasteiger partial charge is 0.127 e. The van der Waals surface area contributed by atoms with E-state index < -0.39 is 5.92 Å². The molecule has 2 heterocycles. The standard InChI is InChI=1S/C22H21N3O2/c1-2-27-21-6-4-3-5-17(21)19-13-25-22-18(19)10-16(12-24-22)14-7-8-20(26)15(9-14)11-23/h3-8,10,13,15,24-26H,2,9,12H2,1H3. The van der Waals surface area contributed by atoms with Crippen molar-refractivity contribution >= 4 is 11.9 Å². The molecule has 1 aromatic heterocycles.